The number of pyridine rings is 1. The third-order valence-electron chi connectivity index (χ3n) is 8.89. The number of ether oxygens (including phenoxy) is 2. The lowest BCUT2D eigenvalue weighted by atomic mass is 10.1. The van der Waals surface area contributed by atoms with Crippen molar-refractivity contribution in [3.8, 4) is 17.0 Å². The largest absolute Gasteiger partial charge is 0.479 e. The van der Waals surface area contributed by atoms with Crippen LogP contribution in [0.4, 0.5) is 29.0 Å². The molecule has 2 N–H and O–H groups in total. The summed E-state index contributed by atoms with van der Waals surface area (Å²) in [5.74, 6) is 2.06. The minimum atomic E-state index is -2.77. The maximum absolute atomic E-state index is 13.5. The molecular weight excluding hydrogens is 709 g/mol. The Labute approximate surface area is 293 Å². The molecule has 49 heavy (non-hydrogen) atoms. The van der Waals surface area contributed by atoms with Crippen LogP contribution < -0.4 is 25.6 Å². The van der Waals surface area contributed by atoms with Crippen molar-refractivity contribution in [1.82, 2.24) is 39.6 Å². The summed E-state index contributed by atoms with van der Waals surface area (Å²) in [6, 6.07) is 6.29. The van der Waals surface area contributed by atoms with Crippen LogP contribution in [0.2, 0.25) is 0 Å². The van der Waals surface area contributed by atoms with Crippen LogP contribution >= 0.6 is 23.1 Å². The van der Waals surface area contributed by atoms with Crippen molar-refractivity contribution < 1.29 is 14.0 Å². The number of nitrogens with zero attached hydrogens (tertiary/aromatic N) is 9. The molecule has 0 spiro atoms. The molecule has 0 saturated carbocycles. The maximum atomic E-state index is 13.5. The lowest BCUT2D eigenvalue weighted by Crippen LogP contribution is -2.52. The highest BCUT2D eigenvalue weighted by atomic mass is 79.9. The van der Waals surface area contributed by atoms with E-state index in [0.29, 0.717) is 55.9 Å². The second kappa shape index (κ2) is 14.0. The summed E-state index contributed by atoms with van der Waals surface area (Å²) in [7, 11) is 0.737. The molecule has 0 aliphatic carbocycles. The second-order valence-electron chi connectivity index (χ2n) is 12.6. The van der Waals surface area contributed by atoms with Gasteiger partial charge in [0.05, 0.1) is 34.3 Å². The van der Waals surface area contributed by atoms with Crippen molar-refractivity contribution >= 4 is 68.4 Å². The minimum absolute atomic E-state index is 0.319. The van der Waals surface area contributed by atoms with E-state index in [0.717, 1.165) is 69.2 Å². The number of aryl methyl sites for hydroxylation is 1. The van der Waals surface area contributed by atoms with Gasteiger partial charge in [0.2, 0.25) is 11.8 Å². The standard InChI is InChI=1S/C33H39BrN11O3P/c1-43-20-21(18-38-43)23-17-27(32(47-2)42-31(23)45-13-11-44(12-14-45)22-7-15-48-16-8-22)40-33-37-19-24(34)30(41-33)39-26-6-5-25-28(36-10-9-35-25)29(26)49(3,4)46/h5-6,9-10,17-20,22H,7-8,11-16H2,1-4H3,(H2,37,39,40,41). The summed E-state index contributed by atoms with van der Waals surface area (Å²) in [5.41, 5.74) is 4.36. The number of halogens is 1. The molecule has 16 heteroatoms. The summed E-state index contributed by atoms with van der Waals surface area (Å²) in [4.78, 5) is 28.2. The lowest BCUT2D eigenvalue weighted by molar-refractivity contribution is 0.0321. The Morgan fingerprint density at radius 2 is 1.76 bits per heavy atom. The number of piperazine rings is 1. The summed E-state index contributed by atoms with van der Waals surface area (Å²) in [5, 5.41) is 11.7. The fourth-order valence-corrected chi connectivity index (χ4v) is 8.21. The highest BCUT2D eigenvalue weighted by Gasteiger charge is 2.29. The third kappa shape index (κ3) is 7.11. The molecule has 14 nitrogen and oxygen atoms in total. The van der Waals surface area contributed by atoms with Gasteiger partial charge in [0, 0.05) is 88.4 Å². The molecule has 6 heterocycles. The molecule has 2 fully saturated rings. The van der Waals surface area contributed by atoms with Crippen molar-refractivity contribution in [2.75, 3.05) is 75.4 Å². The van der Waals surface area contributed by atoms with Gasteiger partial charge in [0.15, 0.2) is 0 Å². The number of fused-ring (bicyclic) bond motifs is 1. The van der Waals surface area contributed by atoms with E-state index in [2.05, 4.69) is 56.4 Å². The Bertz CT molecular complexity index is 2020. The zero-order valence-electron chi connectivity index (χ0n) is 27.9. The molecule has 2 aliphatic heterocycles. The smallest absolute Gasteiger partial charge is 0.239 e. The van der Waals surface area contributed by atoms with E-state index in [9.17, 15) is 4.57 Å². The van der Waals surface area contributed by atoms with E-state index in [1.807, 2.05) is 37.6 Å². The number of methoxy groups -OCH3 is 1. The summed E-state index contributed by atoms with van der Waals surface area (Å²) < 4.78 is 27.3. The van der Waals surface area contributed by atoms with E-state index in [1.165, 1.54) is 0 Å². The van der Waals surface area contributed by atoms with Gasteiger partial charge in [-0.25, -0.2) is 4.98 Å². The van der Waals surface area contributed by atoms with Crippen LogP contribution in [-0.2, 0) is 16.3 Å². The van der Waals surface area contributed by atoms with Gasteiger partial charge in [0.1, 0.15) is 30.0 Å². The Morgan fingerprint density at radius 3 is 2.47 bits per heavy atom. The van der Waals surface area contributed by atoms with Crippen LogP contribution in [0.1, 0.15) is 12.8 Å². The number of anilines is 5. The van der Waals surface area contributed by atoms with E-state index in [-0.39, 0.29) is 0 Å². The molecule has 5 aromatic rings. The first kappa shape index (κ1) is 33.3. The number of rotatable bonds is 9. The molecule has 2 saturated heterocycles. The maximum Gasteiger partial charge on any atom is 0.239 e. The topological polar surface area (TPSA) is 148 Å². The highest BCUT2D eigenvalue weighted by Crippen LogP contribution is 2.42. The summed E-state index contributed by atoms with van der Waals surface area (Å²) >= 11 is 3.58. The Hall–Kier alpha value is -4.17. The van der Waals surface area contributed by atoms with E-state index >= 15 is 0 Å². The van der Waals surface area contributed by atoms with Gasteiger partial charge in [0.25, 0.3) is 0 Å². The van der Waals surface area contributed by atoms with Crippen LogP contribution in [0.5, 0.6) is 5.88 Å². The molecular formula is C33H39BrN11O3P. The average Bonchev–Trinajstić information content (AvgIpc) is 3.55. The zero-order valence-corrected chi connectivity index (χ0v) is 30.4. The zero-order chi connectivity index (χ0) is 34.1. The Kier molecular flexibility index (Phi) is 9.51. The van der Waals surface area contributed by atoms with Crippen molar-refractivity contribution in [3.05, 3.63) is 53.7 Å². The van der Waals surface area contributed by atoms with Crippen LogP contribution in [0.3, 0.4) is 0 Å². The number of aromatic nitrogens is 7. The quantitative estimate of drug-likeness (QED) is 0.195. The third-order valence-corrected chi connectivity index (χ3v) is 11.0. The predicted molar refractivity (Wildman–Crippen MR) is 196 cm³/mol. The Morgan fingerprint density at radius 1 is 0.980 bits per heavy atom. The molecule has 0 atom stereocenters. The molecule has 256 valence electrons. The minimum Gasteiger partial charge on any atom is -0.479 e. The molecule has 4 aromatic heterocycles. The first-order chi connectivity index (χ1) is 23.7. The van der Waals surface area contributed by atoms with Crippen molar-refractivity contribution in [3.63, 3.8) is 0 Å². The summed E-state index contributed by atoms with van der Waals surface area (Å²) in [6.45, 7) is 8.73. The fourth-order valence-electron chi connectivity index (χ4n) is 6.53. The van der Waals surface area contributed by atoms with E-state index in [4.69, 9.17) is 19.4 Å². The van der Waals surface area contributed by atoms with Crippen molar-refractivity contribution in [1.29, 1.82) is 0 Å². The highest BCUT2D eigenvalue weighted by molar-refractivity contribution is 9.10. The number of hydrogen-bond acceptors (Lipinski definition) is 13. The molecule has 0 bridgehead atoms. The fraction of sp³-hybridized carbons (Fsp3) is 0.394. The summed E-state index contributed by atoms with van der Waals surface area (Å²) in [6.07, 6.45) is 10.9. The molecule has 0 radical (unpaired) electrons. The lowest BCUT2D eigenvalue weighted by Gasteiger charge is -2.41. The molecule has 7 rings (SSSR count). The van der Waals surface area contributed by atoms with E-state index in [1.54, 1.807) is 43.7 Å². The first-order valence-corrected chi connectivity index (χ1v) is 19.6. The van der Waals surface area contributed by atoms with Gasteiger partial charge >= 0.3 is 0 Å². The van der Waals surface area contributed by atoms with Crippen molar-refractivity contribution in [2.45, 2.75) is 18.9 Å². The Balaban J connectivity index is 1.20. The molecule has 2 aliphatic rings. The molecule has 0 unspecified atom stereocenters. The number of nitrogens with one attached hydrogen (secondary N) is 2. The molecule has 0 amide bonds. The monoisotopic (exact) mass is 747 g/mol. The van der Waals surface area contributed by atoms with Gasteiger partial charge in [-0.3, -0.25) is 19.5 Å². The van der Waals surface area contributed by atoms with Crippen molar-refractivity contribution in [2.24, 2.45) is 7.05 Å². The van der Waals surface area contributed by atoms with E-state index < -0.39 is 7.14 Å². The van der Waals surface area contributed by atoms with Crippen LogP contribution in [0.15, 0.2) is 53.7 Å². The normalized spacial score (nSPS) is 16.2. The van der Waals surface area contributed by atoms with Gasteiger partial charge < -0.3 is 29.6 Å². The second-order valence-corrected chi connectivity index (χ2v) is 16.6. The SMILES string of the molecule is COc1nc(N2CCN(C3CCOCC3)CC2)c(-c2cnn(C)c2)cc1Nc1ncc(Br)c(Nc2ccc3nccnc3c2P(C)(C)=O)n1. The predicted octanol–water partition coefficient (Wildman–Crippen LogP) is 5.02. The first-order valence-electron chi connectivity index (χ1n) is 16.2. The van der Waals surface area contributed by atoms with Gasteiger partial charge in [-0.15, -0.1) is 0 Å². The molecule has 1 aromatic carbocycles. The van der Waals surface area contributed by atoms with Gasteiger partial charge in [-0.05, 0) is 60.3 Å². The van der Waals surface area contributed by atoms with Crippen LogP contribution in [-0.4, -0.2) is 105 Å². The number of benzene rings is 1. The number of hydrogen-bond donors (Lipinski definition) is 2. The van der Waals surface area contributed by atoms with Crippen LogP contribution in [0, 0.1) is 0 Å². The van der Waals surface area contributed by atoms with Gasteiger partial charge in [-0.2, -0.15) is 15.1 Å². The van der Waals surface area contributed by atoms with Crippen LogP contribution in [0.25, 0.3) is 22.2 Å². The van der Waals surface area contributed by atoms with Gasteiger partial charge in [-0.1, -0.05) is 0 Å². The average molecular weight is 749 g/mol.